The van der Waals surface area contributed by atoms with Crippen molar-refractivity contribution in [2.24, 2.45) is 5.73 Å². The number of benzene rings is 1. The van der Waals surface area contributed by atoms with E-state index in [1.807, 2.05) is 24.3 Å². The molecule has 0 fully saturated rings. The number of methoxy groups -OCH3 is 2. The lowest BCUT2D eigenvalue weighted by Crippen LogP contribution is -2.14. The highest BCUT2D eigenvalue weighted by Gasteiger charge is 2.19. The molecule has 112 valence electrons. The summed E-state index contributed by atoms with van der Waals surface area (Å²) < 4.78 is 11.5. The largest absolute Gasteiger partial charge is 0.497 e. The second kappa shape index (κ2) is 6.85. The Balaban J connectivity index is 2.25. The summed E-state index contributed by atoms with van der Waals surface area (Å²) in [5.74, 6) is 0.286. The van der Waals surface area contributed by atoms with E-state index in [0.717, 1.165) is 11.3 Å². The van der Waals surface area contributed by atoms with Gasteiger partial charge in [0.25, 0.3) is 0 Å². The zero-order valence-corrected chi connectivity index (χ0v) is 12.1. The minimum absolute atomic E-state index is 0.219. The standard InChI is InChI=1S/C14H18N4O3/c1-20-11-5-3-10(4-6-11)9-18-12(7-8-15)13(16-17-18)14(19)21-2/h3-6H,7-9,15H2,1-2H3. The van der Waals surface area contributed by atoms with Crippen LogP contribution in [0.15, 0.2) is 24.3 Å². The fraction of sp³-hybridized carbons (Fsp3) is 0.357. The first-order valence-electron chi connectivity index (χ1n) is 6.53. The summed E-state index contributed by atoms with van der Waals surface area (Å²) in [7, 11) is 2.94. The maximum Gasteiger partial charge on any atom is 0.360 e. The van der Waals surface area contributed by atoms with Gasteiger partial charge in [-0.1, -0.05) is 17.3 Å². The number of nitrogens with zero attached hydrogens (tertiary/aromatic N) is 3. The van der Waals surface area contributed by atoms with Crippen LogP contribution >= 0.6 is 0 Å². The van der Waals surface area contributed by atoms with Crippen LogP contribution in [0.5, 0.6) is 5.75 Å². The fourth-order valence-corrected chi connectivity index (χ4v) is 2.00. The van der Waals surface area contributed by atoms with E-state index in [1.165, 1.54) is 7.11 Å². The topological polar surface area (TPSA) is 92.3 Å². The molecule has 0 saturated carbocycles. The Morgan fingerprint density at radius 2 is 2.00 bits per heavy atom. The quantitative estimate of drug-likeness (QED) is 0.784. The second-order valence-corrected chi connectivity index (χ2v) is 4.42. The summed E-state index contributed by atoms with van der Waals surface area (Å²) in [6.07, 6.45) is 0.508. The monoisotopic (exact) mass is 290 g/mol. The van der Waals surface area contributed by atoms with Gasteiger partial charge in [-0.25, -0.2) is 9.48 Å². The Morgan fingerprint density at radius 1 is 1.29 bits per heavy atom. The predicted molar refractivity (Wildman–Crippen MR) is 76.2 cm³/mol. The molecule has 0 aliphatic carbocycles. The number of esters is 1. The van der Waals surface area contributed by atoms with E-state index in [2.05, 4.69) is 10.3 Å². The molecule has 0 atom stereocenters. The first kappa shape index (κ1) is 15.0. The maximum absolute atomic E-state index is 11.7. The Hall–Kier alpha value is -2.41. The van der Waals surface area contributed by atoms with Gasteiger partial charge in [0.15, 0.2) is 5.69 Å². The van der Waals surface area contributed by atoms with Crippen molar-refractivity contribution in [1.82, 2.24) is 15.0 Å². The van der Waals surface area contributed by atoms with Gasteiger partial charge in [-0.3, -0.25) is 0 Å². The molecular weight excluding hydrogens is 272 g/mol. The lowest BCUT2D eigenvalue weighted by atomic mass is 10.2. The van der Waals surface area contributed by atoms with Crippen molar-refractivity contribution in [3.63, 3.8) is 0 Å². The molecule has 2 N–H and O–H groups in total. The van der Waals surface area contributed by atoms with Crippen LogP contribution in [0.4, 0.5) is 0 Å². The van der Waals surface area contributed by atoms with Gasteiger partial charge >= 0.3 is 5.97 Å². The Kier molecular flexibility index (Phi) is 4.89. The van der Waals surface area contributed by atoms with Gasteiger partial charge in [0.05, 0.1) is 26.5 Å². The van der Waals surface area contributed by atoms with Crippen molar-refractivity contribution in [2.75, 3.05) is 20.8 Å². The molecular formula is C14H18N4O3. The van der Waals surface area contributed by atoms with Gasteiger partial charge in [-0.15, -0.1) is 5.10 Å². The molecule has 2 aromatic rings. The third kappa shape index (κ3) is 3.38. The minimum Gasteiger partial charge on any atom is -0.497 e. The lowest BCUT2D eigenvalue weighted by Gasteiger charge is -2.07. The van der Waals surface area contributed by atoms with Crippen molar-refractivity contribution in [3.05, 3.63) is 41.2 Å². The molecule has 0 aliphatic heterocycles. The highest BCUT2D eigenvalue weighted by molar-refractivity contribution is 5.88. The third-order valence-corrected chi connectivity index (χ3v) is 3.09. The van der Waals surface area contributed by atoms with Crippen LogP contribution < -0.4 is 10.5 Å². The molecule has 7 heteroatoms. The summed E-state index contributed by atoms with van der Waals surface area (Å²) >= 11 is 0. The first-order chi connectivity index (χ1) is 10.2. The van der Waals surface area contributed by atoms with Gasteiger partial charge in [0.2, 0.25) is 0 Å². The Morgan fingerprint density at radius 3 is 2.57 bits per heavy atom. The van der Waals surface area contributed by atoms with Crippen LogP contribution in [-0.2, 0) is 17.7 Å². The van der Waals surface area contributed by atoms with Crippen LogP contribution in [0.3, 0.4) is 0 Å². The zero-order valence-electron chi connectivity index (χ0n) is 12.1. The van der Waals surface area contributed by atoms with E-state index in [0.29, 0.717) is 25.2 Å². The van der Waals surface area contributed by atoms with Crippen LogP contribution in [0.25, 0.3) is 0 Å². The zero-order chi connectivity index (χ0) is 15.2. The third-order valence-electron chi connectivity index (χ3n) is 3.09. The van der Waals surface area contributed by atoms with Crippen LogP contribution in [0.1, 0.15) is 21.7 Å². The molecule has 0 saturated heterocycles. The second-order valence-electron chi connectivity index (χ2n) is 4.42. The molecule has 0 unspecified atom stereocenters. The molecule has 21 heavy (non-hydrogen) atoms. The normalized spacial score (nSPS) is 10.4. The molecule has 1 aromatic carbocycles. The number of rotatable bonds is 6. The van der Waals surface area contributed by atoms with Gasteiger partial charge in [0, 0.05) is 6.42 Å². The van der Waals surface area contributed by atoms with E-state index >= 15 is 0 Å². The van der Waals surface area contributed by atoms with E-state index in [4.69, 9.17) is 15.2 Å². The van der Waals surface area contributed by atoms with Crippen LogP contribution in [0, 0.1) is 0 Å². The van der Waals surface area contributed by atoms with Crippen LogP contribution in [-0.4, -0.2) is 41.7 Å². The van der Waals surface area contributed by atoms with Crippen molar-refractivity contribution in [2.45, 2.75) is 13.0 Å². The molecule has 1 heterocycles. The maximum atomic E-state index is 11.7. The molecule has 0 aliphatic rings. The molecule has 0 bridgehead atoms. The fourth-order valence-electron chi connectivity index (χ4n) is 2.00. The summed E-state index contributed by atoms with van der Waals surface area (Å²) in [4.78, 5) is 11.7. The molecule has 0 spiro atoms. The van der Waals surface area contributed by atoms with Crippen molar-refractivity contribution in [3.8, 4) is 5.75 Å². The van der Waals surface area contributed by atoms with Crippen molar-refractivity contribution in [1.29, 1.82) is 0 Å². The van der Waals surface area contributed by atoms with E-state index < -0.39 is 5.97 Å². The van der Waals surface area contributed by atoms with Crippen LogP contribution in [0.2, 0.25) is 0 Å². The van der Waals surface area contributed by atoms with Gasteiger partial charge in [0.1, 0.15) is 5.75 Å². The Bertz CT molecular complexity index is 607. The Labute approximate surface area is 122 Å². The molecule has 2 rings (SSSR count). The molecule has 1 aromatic heterocycles. The molecule has 7 nitrogen and oxygen atoms in total. The van der Waals surface area contributed by atoms with E-state index in [1.54, 1.807) is 11.8 Å². The average Bonchev–Trinajstić information content (AvgIpc) is 2.90. The molecule has 0 radical (unpaired) electrons. The summed E-state index contributed by atoms with van der Waals surface area (Å²) in [5, 5.41) is 7.91. The number of carbonyl (C=O) groups is 1. The summed E-state index contributed by atoms with van der Waals surface area (Å²) in [5.41, 5.74) is 7.52. The number of aromatic nitrogens is 3. The van der Waals surface area contributed by atoms with Gasteiger partial charge in [-0.2, -0.15) is 0 Å². The average molecular weight is 290 g/mol. The van der Waals surface area contributed by atoms with Crippen molar-refractivity contribution >= 4 is 5.97 Å². The summed E-state index contributed by atoms with van der Waals surface area (Å²) in [6, 6.07) is 7.61. The lowest BCUT2D eigenvalue weighted by molar-refractivity contribution is 0.0592. The number of hydrogen-bond acceptors (Lipinski definition) is 6. The number of carbonyl (C=O) groups excluding carboxylic acids is 1. The smallest absolute Gasteiger partial charge is 0.360 e. The van der Waals surface area contributed by atoms with E-state index in [-0.39, 0.29) is 5.69 Å². The highest BCUT2D eigenvalue weighted by Crippen LogP contribution is 2.14. The summed E-state index contributed by atoms with van der Waals surface area (Å²) in [6.45, 7) is 0.906. The van der Waals surface area contributed by atoms with Crippen molar-refractivity contribution < 1.29 is 14.3 Å². The first-order valence-corrected chi connectivity index (χ1v) is 6.53. The SMILES string of the molecule is COC(=O)c1nnn(Cc2ccc(OC)cc2)c1CCN. The molecule has 0 amide bonds. The van der Waals surface area contributed by atoms with E-state index in [9.17, 15) is 4.79 Å². The minimum atomic E-state index is -0.501. The van der Waals surface area contributed by atoms with Gasteiger partial charge < -0.3 is 15.2 Å². The number of ether oxygens (including phenoxy) is 2. The van der Waals surface area contributed by atoms with Gasteiger partial charge in [-0.05, 0) is 24.2 Å². The predicted octanol–water partition coefficient (Wildman–Crippen LogP) is 0.623. The number of nitrogens with two attached hydrogens (primary N) is 1. The number of hydrogen-bond donors (Lipinski definition) is 1. The highest BCUT2D eigenvalue weighted by atomic mass is 16.5.